The number of halogens is 1. The van der Waals surface area contributed by atoms with Gasteiger partial charge in [-0.2, -0.15) is 0 Å². The number of carbonyl (C=O) groups excluding carboxylic acids is 1. The summed E-state index contributed by atoms with van der Waals surface area (Å²) in [5.41, 5.74) is -0.373. The molecule has 1 aromatic heterocycles. The Morgan fingerprint density at radius 2 is 2.00 bits per heavy atom. The van der Waals surface area contributed by atoms with Crippen LogP contribution in [0.25, 0.3) is 0 Å². The molecule has 5 nitrogen and oxygen atoms in total. The molecule has 1 heterocycles. The molecule has 0 aromatic carbocycles. The fourth-order valence-corrected chi connectivity index (χ4v) is 5.06. The van der Waals surface area contributed by atoms with E-state index in [-0.39, 0.29) is 11.6 Å². The van der Waals surface area contributed by atoms with Gasteiger partial charge in [0.05, 0.1) is 0 Å². The molecule has 2 fully saturated rings. The van der Waals surface area contributed by atoms with Gasteiger partial charge in [0.15, 0.2) is 3.92 Å². The number of aromatic nitrogens is 1. The van der Waals surface area contributed by atoms with Crippen molar-refractivity contribution in [3.05, 3.63) is 15.0 Å². The molecule has 0 bridgehead atoms. The molecule has 3 rings (SSSR count). The van der Waals surface area contributed by atoms with Crippen LogP contribution in [0.4, 0.5) is 0 Å². The second-order valence-corrected chi connectivity index (χ2v) is 10.5. The Bertz CT molecular complexity index is 600. The van der Waals surface area contributed by atoms with Crippen LogP contribution in [0.5, 0.6) is 0 Å². The molecule has 2 aliphatic carbocycles. The standard InChI is InChI=1S/C18H27BrN2O2S.BO/c1-18(2,3)23-16(22)8-11-4-6-12(7-5-11)21-14-9-13(14)15-10-20-17(19)24-15;1-2/h10-14,21H,4-9H2,1-3H3;/t11?,12?,13-,14-;/m0./s1. The van der Waals surface area contributed by atoms with Gasteiger partial charge in [-0.1, -0.05) is 0 Å². The van der Waals surface area contributed by atoms with Crippen molar-refractivity contribution < 1.29 is 14.2 Å². The first-order valence-corrected chi connectivity index (χ1v) is 10.7. The molecule has 0 saturated heterocycles. The van der Waals surface area contributed by atoms with Gasteiger partial charge in [-0.25, -0.2) is 4.98 Å². The van der Waals surface area contributed by atoms with E-state index in [9.17, 15) is 4.79 Å². The number of nitrogens with one attached hydrogen (secondary N) is 1. The minimum atomic E-state index is -0.373. The van der Waals surface area contributed by atoms with Crippen molar-refractivity contribution >= 4 is 41.0 Å². The molecule has 0 spiro atoms. The van der Waals surface area contributed by atoms with Crippen LogP contribution in [0.15, 0.2) is 10.1 Å². The SMILES string of the molecule is CC(C)(C)OC(=O)CC1CCC(N[C@H]2C[C@@H]2c2cnc(Br)s2)CC1.[B]=O. The van der Waals surface area contributed by atoms with Gasteiger partial charge < -0.3 is 10.1 Å². The average Bonchev–Trinajstić information content (AvgIpc) is 3.19. The van der Waals surface area contributed by atoms with E-state index in [1.165, 1.54) is 24.1 Å². The second kappa shape index (κ2) is 9.56. The van der Waals surface area contributed by atoms with Crippen molar-refractivity contribution in [3.8, 4) is 0 Å². The Morgan fingerprint density at radius 3 is 2.54 bits per heavy atom. The van der Waals surface area contributed by atoms with E-state index in [1.807, 2.05) is 27.0 Å². The van der Waals surface area contributed by atoms with Gasteiger partial charge in [-0.05, 0) is 74.7 Å². The zero-order valence-corrected chi connectivity index (χ0v) is 18.1. The van der Waals surface area contributed by atoms with Crippen LogP contribution < -0.4 is 5.32 Å². The van der Waals surface area contributed by atoms with E-state index in [0.29, 0.717) is 30.3 Å². The van der Waals surface area contributed by atoms with Crippen LogP contribution in [-0.4, -0.2) is 36.4 Å². The number of thiazole rings is 1. The summed E-state index contributed by atoms with van der Waals surface area (Å²) in [5.74, 6) is 1.09. The van der Waals surface area contributed by atoms with Crippen LogP contribution in [0, 0.1) is 5.92 Å². The van der Waals surface area contributed by atoms with E-state index >= 15 is 0 Å². The molecule has 0 amide bonds. The monoisotopic (exact) mass is 441 g/mol. The summed E-state index contributed by atoms with van der Waals surface area (Å²) < 4.78 is 14.2. The number of ether oxygens (including phenoxy) is 1. The number of hydrogen-bond acceptors (Lipinski definition) is 6. The fourth-order valence-electron chi connectivity index (χ4n) is 3.58. The van der Waals surface area contributed by atoms with Gasteiger partial charge in [0.25, 0.3) is 0 Å². The fraction of sp³-hybridized carbons (Fsp3) is 0.778. The normalized spacial score (nSPS) is 28.0. The Labute approximate surface area is 169 Å². The summed E-state index contributed by atoms with van der Waals surface area (Å²) in [5, 5.41) is 3.81. The molecular weight excluding hydrogens is 415 g/mol. The second-order valence-electron chi connectivity index (χ2n) is 8.14. The van der Waals surface area contributed by atoms with Crippen LogP contribution in [0.3, 0.4) is 0 Å². The quantitative estimate of drug-likeness (QED) is 0.549. The zero-order valence-electron chi connectivity index (χ0n) is 15.7. The average molecular weight is 442 g/mol. The first-order valence-electron chi connectivity index (χ1n) is 9.13. The van der Waals surface area contributed by atoms with Crippen LogP contribution in [-0.2, 0) is 14.2 Å². The summed E-state index contributed by atoms with van der Waals surface area (Å²) in [6.07, 6.45) is 8.39. The summed E-state index contributed by atoms with van der Waals surface area (Å²) in [7, 11) is 3.25. The summed E-state index contributed by atoms with van der Waals surface area (Å²) in [4.78, 5) is 17.6. The number of nitrogens with zero attached hydrogens (tertiary/aromatic N) is 1. The molecule has 0 unspecified atom stereocenters. The van der Waals surface area contributed by atoms with Crippen molar-refractivity contribution in [1.29, 1.82) is 0 Å². The van der Waals surface area contributed by atoms with Crippen molar-refractivity contribution in [2.45, 2.75) is 82.9 Å². The Hall–Kier alpha value is -0.595. The topological polar surface area (TPSA) is 68.3 Å². The predicted octanol–water partition coefficient (Wildman–Crippen LogP) is 4.14. The number of carbonyl (C=O) groups is 1. The third kappa shape index (κ3) is 6.85. The maximum atomic E-state index is 12.0. The van der Waals surface area contributed by atoms with Crippen molar-refractivity contribution in [3.63, 3.8) is 0 Å². The first kappa shape index (κ1) is 21.7. The molecule has 2 aliphatic rings. The predicted molar refractivity (Wildman–Crippen MR) is 107 cm³/mol. The van der Waals surface area contributed by atoms with E-state index in [4.69, 9.17) is 9.44 Å². The van der Waals surface area contributed by atoms with Gasteiger partial charge >= 0.3 is 18.4 Å². The first-order chi connectivity index (χ1) is 12.3. The van der Waals surface area contributed by atoms with Crippen molar-refractivity contribution in [2.75, 3.05) is 0 Å². The summed E-state index contributed by atoms with van der Waals surface area (Å²) >= 11 is 5.19. The van der Waals surface area contributed by atoms with Crippen molar-refractivity contribution in [2.24, 2.45) is 5.92 Å². The van der Waals surface area contributed by atoms with Gasteiger partial charge in [0, 0.05) is 35.5 Å². The summed E-state index contributed by atoms with van der Waals surface area (Å²) in [6.45, 7) is 5.79. The molecular formula is C18H27BBrN2O3S. The molecule has 143 valence electrons. The van der Waals surface area contributed by atoms with Gasteiger partial charge in [-0.15, -0.1) is 11.3 Å². The van der Waals surface area contributed by atoms with E-state index < -0.39 is 0 Å². The molecule has 26 heavy (non-hydrogen) atoms. The van der Waals surface area contributed by atoms with Crippen LogP contribution in [0.1, 0.15) is 70.1 Å². The Morgan fingerprint density at radius 1 is 1.35 bits per heavy atom. The molecule has 1 aromatic rings. The molecule has 2 atom stereocenters. The van der Waals surface area contributed by atoms with E-state index in [2.05, 4.69) is 33.9 Å². The Balaban J connectivity index is 0.00000117. The van der Waals surface area contributed by atoms with E-state index in [1.54, 1.807) is 11.3 Å². The molecule has 0 aliphatic heterocycles. The van der Waals surface area contributed by atoms with Crippen LogP contribution in [0.2, 0.25) is 0 Å². The molecule has 1 radical (unpaired) electrons. The molecule has 1 N–H and O–H groups in total. The molecule has 2 saturated carbocycles. The van der Waals surface area contributed by atoms with Gasteiger partial charge in [0.2, 0.25) is 0 Å². The third-order valence-corrected chi connectivity index (χ3v) is 6.43. The minimum absolute atomic E-state index is 0.0445. The molecule has 8 heteroatoms. The zero-order chi connectivity index (χ0) is 19.3. The third-order valence-electron chi connectivity index (χ3n) is 4.82. The summed E-state index contributed by atoms with van der Waals surface area (Å²) in [6, 6.07) is 1.22. The maximum absolute atomic E-state index is 12.0. The van der Waals surface area contributed by atoms with Crippen molar-refractivity contribution in [1.82, 2.24) is 10.3 Å². The Kier molecular flexibility index (Phi) is 7.98. The van der Waals surface area contributed by atoms with E-state index in [0.717, 1.165) is 16.8 Å². The number of rotatable bonds is 5. The number of hydrogen-bond donors (Lipinski definition) is 1. The van der Waals surface area contributed by atoms with Gasteiger partial charge in [0.1, 0.15) is 5.60 Å². The van der Waals surface area contributed by atoms with Gasteiger partial charge in [-0.3, -0.25) is 4.79 Å². The number of esters is 1. The van der Waals surface area contributed by atoms with Crippen LogP contribution >= 0.6 is 27.3 Å².